The first-order chi connectivity index (χ1) is 8.77. The van der Waals surface area contributed by atoms with Crippen molar-refractivity contribution in [2.45, 2.75) is 18.9 Å². The zero-order chi connectivity index (χ0) is 13.0. The number of methoxy groups -OCH3 is 1. The summed E-state index contributed by atoms with van der Waals surface area (Å²) in [5, 5.41) is 2.36. The highest BCUT2D eigenvalue weighted by atomic mass is 16.5. The van der Waals surface area contributed by atoms with E-state index in [-0.39, 0.29) is 6.04 Å². The molecule has 0 fully saturated rings. The summed E-state index contributed by atoms with van der Waals surface area (Å²) in [6.07, 6.45) is 1.80. The van der Waals surface area contributed by atoms with Gasteiger partial charge in [-0.25, -0.2) is 0 Å². The lowest BCUT2D eigenvalue weighted by atomic mass is 9.95. The molecule has 0 saturated carbocycles. The summed E-state index contributed by atoms with van der Waals surface area (Å²) in [4.78, 5) is 0. The molecule has 0 amide bonds. The second kappa shape index (κ2) is 5.85. The maximum absolute atomic E-state index is 6.29. The summed E-state index contributed by atoms with van der Waals surface area (Å²) in [6, 6.07) is 12.3. The fourth-order valence-corrected chi connectivity index (χ4v) is 2.32. The summed E-state index contributed by atoms with van der Waals surface area (Å²) < 4.78 is 5.44. The molecule has 0 bridgehead atoms. The highest BCUT2D eigenvalue weighted by Crippen LogP contribution is 2.33. The highest BCUT2D eigenvalue weighted by molar-refractivity contribution is 5.88. The molecule has 0 saturated heterocycles. The largest absolute Gasteiger partial charge is 0.496 e. The van der Waals surface area contributed by atoms with E-state index in [0.717, 1.165) is 24.2 Å². The molecule has 0 heterocycles. The molecule has 0 spiro atoms. The zero-order valence-electron chi connectivity index (χ0n) is 10.7. The minimum Gasteiger partial charge on any atom is -0.496 e. The normalized spacial score (nSPS) is 12.6. The van der Waals surface area contributed by atoms with E-state index in [0.29, 0.717) is 6.54 Å². The summed E-state index contributed by atoms with van der Waals surface area (Å²) in [5.74, 6) is 0.859. The number of ether oxygens (including phenoxy) is 1. The Morgan fingerprint density at radius 1 is 1.17 bits per heavy atom. The zero-order valence-corrected chi connectivity index (χ0v) is 10.7. The van der Waals surface area contributed by atoms with Crippen LogP contribution < -0.4 is 16.2 Å². The van der Waals surface area contributed by atoms with Gasteiger partial charge in [0.25, 0.3) is 0 Å². The Labute approximate surface area is 108 Å². The lowest BCUT2D eigenvalue weighted by molar-refractivity contribution is 0.405. The second-order valence-electron chi connectivity index (χ2n) is 4.44. The molecule has 0 aliphatic rings. The van der Waals surface area contributed by atoms with Crippen molar-refractivity contribution in [3.8, 4) is 5.75 Å². The maximum atomic E-state index is 6.29. The molecule has 96 valence electrons. The van der Waals surface area contributed by atoms with Crippen molar-refractivity contribution in [3.63, 3.8) is 0 Å². The summed E-state index contributed by atoms with van der Waals surface area (Å²) >= 11 is 0. The van der Waals surface area contributed by atoms with Crippen LogP contribution in [0.5, 0.6) is 5.75 Å². The van der Waals surface area contributed by atoms with Crippen LogP contribution in [0.3, 0.4) is 0 Å². The van der Waals surface area contributed by atoms with Gasteiger partial charge in [-0.2, -0.15) is 0 Å². The molecule has 0 aliphatic carbocycles. The van der Waals surface area contributed by atoms with Gasteiger partial charge in [-0.3, -0.25) is 0 Å². The van der Waals surface area contributed by atoms with Crippen molar-refractivity contribution in [2.75, 3.05) is 13.7 Å². The highest BCUT2D eigenvalue weighted by Gasteiger charge is 2.15. The first kappa shape index (κ1) is 12.9. The maximum Gasteiger partial charge on any atom is 0.124 e. The van der Waals surface area contributed by atoms with Gasteiger partial charge in [-0.15, -0.1) is 0 Å². The van der Waals surface area contributed by atoms with Gasteiger partial charge in [0.05, 0.1) is 7.11 Å². The van der Waals surface area contributed by atoms with Crippen LogP contribution in [0.15, 0.2) is 36.4 Å². The average molecular weight is 244 g/mol. The minimum atomic E-state index is -0.0328. The molecule has 18 heavy (non-hydrogen) atoms. The minimum absolute atomic E-state index is 0.0328. The van der Waals surface area contributed by atoms with E-state index in [4.69, 9.17) is 16.2 Å². The predicted octanol–water partition coefficient (Wildman–Crippen LogP) is 2.59. The van der Waals surface area contributed by atoms with Crippen molar-refractivity contribution in [1.82, 2.24) is 0 Å². The van der Waals surface area contributed by atoms with Gasteiger partial charge in [0, 0.05) is 11.6 Å². The molecule has 0 aromatic heterocycles. The third-order valence-electron chi connectivity index (χ3n) is 3.24. The average Bonchev–Trinajstić information content (AvgIpc) is 2.43. The molecular formula is C15H20N2O. The van der Waals surface area contributed by atoms with Crippen molar-refractivity contribution < 1.29 is 4.74 Å². The number of hydrogen-bond donors (Lipinski definition) is 2. The number of nitrogens with two attached hydrogens (primary N) is 2. The number of rotatable bonds is 5. The van der Waals surface area contributed by atoms with Gasteiger partial charge in [0.15, 0.2) is 0 Å². The standard InChI is InChI=1S/C15H20N2O/c1-18-14-9-8-11-5-2-3-6-12(11)15(14)13(17)7-4-10-16/h2-3,5-6,8-9,13H,4,7,10,16-17H2,1H3/t13-/m1/s1. The number of fused-ring (bicyclic) bond motifs is 1. The second-order valence-corrected chi connectivity index (χ2v) is 4.44. The first-order valence-electron chi connectivity index (χ1n) is 6.29. The molecule has 4 N–H and O–H groups in total. The van der Waals surface area contributed by atoms with Crippen LogP contribution >= 0.6 is 0 Å². The topological polar surface area (TPSA) is 61.3 Å². The Balaban J connectivity index is 2.50. The van der Waals surface area contributed by atoms with Crippen molar-refractivity contribution in [1.29, 1.82) is 0 Å². The molecule has 0 unspecified atom stereocenters. The quantitative estimate of drug-likeness (QED) is 0.849. The first-order valence-corrected chi connectivity index (χ1v) is 6.29. The van der Waals surface area contributed by atoms with E-state index >= 15 is 0 Å². The molecule has 0 aliphatic heterocycles. The lowest BCUT2D eigenvalue weighted by Gasteiger charge is -2.18. The van der Waals surface area contributed by atoms with Crippen molar-refractivity contribution >= 4 is 10.8 Å². The van der Waals surface area contributed by atoms with Crippen LogP contribution in [0.2, 0.25) is 0 Å². The third kappa shape index (κ3) is 2.47. The van der Waals surface area contributed by atoms with Crippen LogP contribution in [-0.4, -0.2) is 13.7 Å². The molecule has 2 aromatic carbocycles. The van der Waals surface area contributed by atoms with E-state index in [2.05, 4.69) is 18.2 Å². The Hall–Kier alpha value is -1.58. The fraction of sp³-hybridized carbons (Fsp3) is 0.333. The smallest absolute Gasteiger partial charge is 0.124 e. The fourth-order valence-electron chi connectivity index (χ4n) is 2.32. The Morgan fingerprint density at radius 2 is 1.94 bits per heavy atom. The van der Waals surface area contributed by atoms with E-state index in [9.17, 15) is 0 Å². The Morgan fingerprint density at radius 3 is 2.67 bits per heavy atom. The van der Waals surface area contributed by atoms with Gasteiger partial charge >= 0.3 is 0 Å². The molecule has 2 aromatic rings. The lowest BCUT2D eigenvalue weighted by Crippen LogP contribution is -2.14. The Bertz CT molecular complexity index is 525. The molecule has 0 radical (unpaired) electrons. The van der Waals surface area contributed by atoms with E-state index in [1.165, 1.54) is 10.8 Å². The van der Waals surface area contributed by atoms with Gasteiger partial charge in [-0.05, 0) is 36.2 Å². The molecule has 3 heteroatoms. The molecule has 3 nitrogen and oxygen atoms in total. The summed E-state index contributed by atoms with van der Waals surface area (Å²) in [6.45, 7) is 0.667. The van der Waals surface area contributed by atoms with Crippen LogP contribution in [0.25, 0.3) is 10.8 Å². The molecular weight excluding hydrogens is 224 g/mol. The monoisotopic (exact) mass is 244 g/mol. The number of benzene rings is 2. The van der Waals surface area contributed by atoms with E-state index < -0.39 is 0 Å². The van der Waals surface area contributed by atoms with Crippen molar-refractivity contribution in [2.24, 2.45) is 11.5 Å². The number of hydrogen-bond acceptors (Lipinski definition) is 3. The summed E-state index contributed by atoms with van der Waals surface area (Å²) in [5.41, 5.74) is 12.9. The van der Waals surface area contributed by atoms with Crippen LogP contribution in [0, 0.1) is 0 Å². The van der Waals surface area contributed by atoms with Gasteiger partial charge in [0.1, 0.15) is 5.75 Å². The van der Waals surface area contributed by atoms with Gasteiger partial charge < -0.3 is 16.2 Å². The van der Waals surface area contributed by atoms with Crippen LogP contribution in [0.1, 0.15) is 24.4 Å². The van der Waals surface area contributed by atoms with Crippen LogP contribution in [-0.2, 0) is 0 Å². The van der Waals surface area contributed by atoms with Gasteiger partial charge in [-0.1, -0.05) is 30.3 Å². The van der Waals surface area contributed by atoms with E-state index in [1.54, 1.807) is 7.11 Å². The van der Waals surface area contributed by atoms with Gasteiger partial charge in [0.2, 0.25) is 0 Å². The van der Waals surface area contributed by atoms with Crippen molar-refractivity contribution in [3.05, 3.63) is 42.0 Å². The summed E-state index contributed by atoms with van der Waals surface area (Å²) in [7, 11) is 1.68. The van der Waals surface area contributed by atoms with E-state index in [1.807, 2.05) is 18.2 Å². The SMILES string of the molecule is COc1ccc2ccccc2c1[C@H](N)CCCN. The predicted molar refractivity (Wildman–Crippen MR) is 75.7 cm³/mol. The Kier molecular flexibility index (Phi) is 4.18. The van der Waals surface area contributed by atoms with Crippen LogP contribution in [0.4, 0.5) is 0 Å². The molecule has 1 atom stereocenters. The third-order valence-corrected chi connectivity index (χ3v) is 3.24. The molecule has 2 rings (SSSR count).